The van der Waals surface area contributed by atoms with Gasteiger partial charge in [0.15, 0.2) is 0 Å². The summed E-state index contributed by atoms with van der Waals surface area (Å²) in [5.74, 6) is -0.307. The molecule has 6 heteroatoms. The first-order chi connectivity index (χ1) is 14.4. The molecule has 150 valence electrons. The van der Waals surface area contributed by atoms with E-state index < -0.39 is 11.9 Å². The number of carbonyl (C=O) groups is 2. The molecule has 3 rings (SSSR count). The molecule has 0 bridgehead atoms. The Bertz CT molecular complexity index is 1130. The normalized spacial score (nSPS) is 11.2. The third kappa shape index (κ3) is 4.83. The van der Waals surface area contributed by atoms with Crippen molar-refractivity contribution in [2.45, 2.75) is 19.8 Å². The van der Waals surface area contributed by atoms with E-state index in [-0.39, 0.29) is 11.1 Å². The van der Waals surface area contributed by atoms with Crippen molar-refractivity contribution in [1.82, 2.24) is 0 Å². The zero-order valence-electron chi connectivity index (χ0n) is 16.5. The lowest BCUT2D eigenvalue weighted by Crippen LogP contribution is -2.13. The van der Waals surface area contributed by atoms with Crippen molar-refractivity contribution in [3.05, 3.63) is 83.1 Å². The number of rotatable bonds is 6. The van der Waals surface area contributed by atoms with Crippen LogP contribution in [0, 0.1) is 11.3 Å². The van der Waals surface area contributed by atoms with Gasteiger partial charge in [-0.15, -0.1) is 0 Å². The average molecular weight is 400 g/mol. The highest BCUT2D eigenvalue weighted by molar-refractivity contribution is 6.09. The van der Waals surface area contributed by atoms with Crippen LogP contribution >= 0.6 is 0 Å². The van der Waals surface area contributed by atoms with Crippen LogP contribution in [0.25, 0.3) is 17.4 Å². The number of carboxylic acids is 1. The Hall–Kier alpha value is -4.11. The first-order valence-corrected chi connectivity index (χ1v) is 9.34. The molecule has 2 aromatic carbocycles. The molecule has 0 saturated heterocycles. The van der Waals surface area contributed by atoms with Gasteiger partial charge in [0.2, 0.25) is 0 Å². The number of nitrogens with one attached hydrogen (secondary N) is 1. The van der Waals surface area contributed by atoms with Crippen LogP contribution in [0.5, 0.6) is 0 Å². The zero-order chi connectivity index (χ0) is 21.7. The SMILES string of the molecule is CC(C)c1ccc(NC(=O)/C(C#N)=C/c2ccc(-c3ccc(C(=O)O)cc3)o2)cc1. The fraction of sp³-hybridized carbons (Fsp3) is 0.125. The fourth-order valence-corrected chi connectivity index (χ4v) is 2.80. The van der Waals surface area contributed by atoms with E-state index in [0.717, 1.165) is 5.56 Å². The monoisotopic (exact) mass is 400 g/mol. The van der Waals surface area contributed by atoms with Crippen LogP contribution in [0.15, 0.2) is 70.7 Å². The number of amides is 1. The van der Waals surface area contributed by atoms with Gasteiger partial charge in [-0.3, -0.25) is 4.79 Å². The van der Waals surface area contributed by atoms with E-state index in [1.807, 2.05) is 18.2 Å². The minimum atomic E-state index is -1.01. The predicted molar refractivity (Wildman–Crippen MR) is 114 cm³/mol. The predicted octanol–water partition coefficient (Wildman–Crippen LogP) is 5.31. The smallest absolute Gasteiger partial charge is 0.335 e. The summed E-state index contributed by atoms with van der Waals surface area (Å²) in [6.45, 7) is 4.17. The van der Waals surface area contributed by atoms with Crippen molar-refractivity contribution >= 4 is 23.6 Å². The standard InChI is InChI=1S/C24H20N2O4/c1-15(2)16-7-9-20(10-8-16)26-23(27)19(14-25)13-21-11-12-22(30-21)17-3-5-18(6-4-17)24(28)29/h3-13,15H,1-2H3,(H,26,27)(H,28,29)/b19-13+. The Morgan fingerprint density at radius 3 is 2.27 bits per heavy atom. The number of aromatic carboxylic acids is 1. The second-order valence-corrected chi connectivity index (χ2v) is 6.99. The highest BCUT2D eigenvalue weighted by Crippen LogP contribution is 2.24. The van der Waals surface area contributed by atoms with E-state index in [2.05, 4.69) is 19.2 Å². The molecule has 1 aromatic heterocycles. The van der Waals surface area contributed by atoms with Gasteiger partial charge in [-0.25, -0.2) is 4.79 Å². The van der Waals surface area contributed by atoms with E-state index in [9.17, 15) is 14.9 Å². The topological polar surface area (TPSA) is 103 Å². The second kappa shape index (κ2) is 8.93. The first-order valence-electron chi connectivity index (χ1n) is 9.34. The van der Waals surface area contributed by atoms with Gasteiger partial charge in [0.25, 0.3) is 5.91 Å². The van der Waals surface area contributed by atoms with Crippen LogP contribution in [-0.2, 0) is 4.79 Å². The lowest BCUT2D eigenvalue weighted by Gasteiger charge is -2.08. The minimum absolute atomic E-state index is 0.0925. The van der Waals surface area contributed by atoms with Gasteiger partial charge in [-0.2, -0.15) is 5.26 Å². The molecule has 3 aromatic rings. The molecule has 0 aliphatic carbocycles. The number of hydrogen-bond donors (Lipinski definition) is 2. The number of benzene rings is 2. The van der Waals surface area contributed by atoms with Gasteiger partial charge in [-0.1, -0.05) is 38.1 Å². The molecular formula is C24H20N2O4. The van der Waals surface area contributed by atoms with Crippen molar-refractivity contribution in [3.8, 4) is 17.4 Å². The molecule has 0 spiro atoms. The van der Waals surface area contributed by atoms with Gasteiger partial charge in [-0.05, 0) is 47.9 Å². The Morgan fingerprint density at radius 2 is 1.70 bits per heavy atom. The maximum atomic E-state index is 12.4. The summed E-state index contributed by atoms with van der Waals surface area (Å²) in [6, 6.07) is 18.9. The summed E-state index contributed by atoms with van der Waals surface area (Å²) in [6.07, 6.45) is 1.37. The number of carbonyl (C=O) groups excluding carboxylic acids is 1. The number of nitrogens with zero attached hydrogens (tertiary/aromatic N) is 1. The third-order valence-corrected chi connectivity index (χ3v) is 4.53. The van der Waals surface area contributed by atoms with Crippen LogP contribution < -0.4 is 5.32 Å². The zero-order valence-corrected chi connectivity index (χ0v) is 16.5. The van der Waals surface area contributed by atoms with Gasteiger partial charge in [0, 0.05) is 17.3 Å². The maximum Gasteiger partial charge on any atom is 0.335 e. The van der Waals surface area contributed by atoms with Crippen molar-refractivity contribution < 1.29 is 19.1 Å². The Labute approximate surface area is 174 Å². The van der Waals surface area contributed by atoms with E-state index in [0.29, 0.717) is 28.7 Å². The first kappa shape index (κ1) is 20.6. The number of furan rings is 1. The van der Waals surface area contributed by atoms with Crippen LogP contribution in [0.1, 0.15) is 41.4 Å². The summed E-state index contributed by atoms with van der Waals surface area (Å²) in [4.78, 5) is 23.4. The molecule has 0 saturated carbocycles. The minimum Gasteiger partial charge on any atom is -0.478 e. The Balaban J connectivity index is 1.75. The molecule has 0 unspecified atom stereocenters. The summed E-state index contributed by atoms with van der Waals surface area (Å²) in [5, 5.41) is 21.1. The highest BCUT2D eigenvalue weighted by Gasteiger charge is 2.12. The van der Waals surface area contributed by atoms with Gasteiger partial charge >= 0.3 is 5.97 Å². The van der Waals surface area contributed by atoms with Gasteiger partial charge < -0.3 is 14.8 Å². The lowest BCUT2D eigenvalue weighted by atomic mass is 10.0. The molecule has 2 N–H and O–H groups in total. The number of hydrogen-bond acceptors (Lipinski definition) is 4. The van der Waals surface area contributed by atoms with Crippen molar-refractivity contribution in [1.29, 1.82) is 5.26 Å². The number of nitriles is 1. The van der Waals surface area contributed by atoms with Gasteiger partial charge in [0.05, 0.1) is 5.56 Å². The average Bonchev–Trinajstić information content (AvgIpc) is 3.21. The van der Waals surface area contributed by atoms with E-state index in [1.54, 1.807) is 36.4 Å². The largest absolute Gasteiger partial charge is 0.478 e. The fourth-order valence-electron chi connectivity index (χ4n) is 2.80. The second-order valence-electron chi connectivity index (χ2n) is 6.99. The number of anilines is 1. The summed E-state index contributed by atoms with van der Waals surface area (Å²) >= 11 is 0. The molecule has 0 aliphatic heterocycles. The molecule has 0 radical (unpaired) electrons. The Morgan fingerprint density at radius 1 is 1.03 bits per heavy atom. The summed E-state index contributed by atoms with van der Waals surface area (Å²) < 4.78 is 5.69. The maximum absolute atomic E-state index is 12.4. The summed E-state index contributed by atoms with van der Waals surface area (Å²) in [5.41, 5.74) is 2.53. The molecule has 6 nitrogen and oxygen atoms in total. The van der Waals surface area contributed by atoms with Crippen LogP contribution in [-0.4, -0.2) is 17.0 Å². The van der Waals surface area contributed by atoms with Crippen LogP contribution in [0.4, 0.5) is 5.69 Å². The van der Waals surface area contributed by atoms with Crippen LogP contribution in [0.3, 0.4) is 0 Å². The molecular weight excluding hydrogens is 380 g/mol. The van der Waals surface area contributed by atoms with E-state index >= 15 is 0 Å². The van der Waals surface area contributed by atoms with Crippen molar-refractivity contribution in [2.24, 2.45) is 0 Å². The lowest BCUT2D eigenvalue weighted by molar-refractivity contribution is -0.112. The molecule has 0 fully saturated rings. The molecule has 1 heterocycles. The summed E-state index contributed by atoms with van der Waals surface area (Å²) in [7, 11) is 0. The van der Waals surface area contributed by atoms with E-state index in [1.165, 1.54) is 18.2 Å². The third-order valence-electron chi connectivity index (χ3n) is 4.53. The molecule has 1 amide bonds. The van der Waals surface area contributed by atoms with Crippen molar-refractivity contribution in [3.63, 3.8) is 0 Å². The van der Waals surface area contributed by atoms with E-state index in [4.69, 9.17) is 9.52 Å². The van der Waals surface area contributed by atoms with Crippen LogP contribution in [0.2, 0.25) is 0 Å². The quantitative estimate of drug-likeness (QED) is 0.431. The Kier molecular flexibility index (Phi) is 6.14. The van der Waals surface area contributed by atoms with Gasteiger partial charge in [0.1, 0.15) is 23.2 Å². The highest BCUT2D eigenvalue weighted by atomic mass is 16.4. The number of carboxylic acid groups (broad SMARTS) is 1. The van der Waals surface area contributed by atoms with Crippen molar-refractivity contribution in [2.75, 3.05) is 5.32 Å². The molecule has 30 heavy (non-hydrogen) atoms. The molecule has 0 atom stereocenters. The molecule has 0 aliphatic rings.